The number of nitrogens with zero attached hydrogens (tertiary/aromatic N) is 1. The summed E-state index contributed by atoms with van der Waals surface area (Å²) in [7, 11) is 0. The van der Waals surface area contributed by atoms with Gasteiger partial charge in [-0.25, -0.2) is 0 Å². The van der Waals surface area contributed by atoms with Gasteiger partial charge in [0.2, 0.25) is 0 Å². The van der Waals surface area contributed by atoms with E-state index in [0.717, 1.165) is 16.9 Å². The summed E-state index contributed by atoms with van der Waals surface area (Å²) >= 11 is 0. The molecule has 1 atom stereocenters. The minimum atomic E-state index is -0.471. The molecule has 3 aromatic rings. The zero-order valence-electron chi connectivity index (χ0n) is 16.3. The number of nitro groups is 1. The number of nitro benzene ring substituents is 1. The van der Waals surface area contributed by atoms with Crippen LogP contribution < -0.4 is 10.1 Å². The van der Waals surface area contributed by atoms with E-state index in [1.807, 2.05) is 61.5 Å². The van der Waals surface area contributed by atoms with Crippen LogP contribution in [0.4, 0.5) is 5.69 Å². The van der Waals surface area contributed by atoms with Crippen molar-refractivity contribution < 1.29 is 14.5 Å². The second-order valence-corrected chi connectivity index (χ2v) is 6.58. The topological polar surface area (TPSA) is 81.5 Å². The Bertz CT molecular complexity index is 1000. The highest BCUT2D eigenvalue weighted by Crippen LogP contribution is 2.25. The maximum atomic E-state index is 13.0. The second kappa shape index (κ2) is 9.01. The SMILES string of the molecule is CCOc1ccc(C(NC(=O)c2ccc([N+](=O)[O-])cc2C)c2ccccc2)cc1. The van der Waals surface area contributed by atoms with E-state index >= 15 is 0 Å². The zero-order chi connectivity index (χ0) is 20.8. The summed E-state index contributed by atoms with van der Waals surface area (Å²) in [6.07, 6.45) is 0. The van der Waals surface area contributed by atoms with Gasteiger partial charge in [-0.15, -0.1) is 0 Å². The number of amides is 1. The molecule has 1 N–H and O–H groups in total. The average molecular weight is 390 g/mol. The van der Waals surface area contributed by atoms with Gasteiger partial charge in [0.25, 0.3) is 11.6 Å². The normalized spacial score (nSPS) is 11.5. The van der Waals surface area contributed by atoms with Crippen molar-refractivity contribution in [2.45, 2.75) is 19.9 Å². The van der Waals surface area contributed by atoms with Crippen LogP contribution >= 0.6 is 0 Å². The monoisotopic (exact) mass is 390 g/mol. The molecule has 0 bridgehead atoms. The number of nitrogens with one attached hydrogen (secondary N) is 1. The molecule has 0 spiro atoms. The lowest BCUT2D eigenvalue weighted by atomic mass is 9.97. The van der Waals surface area contributed by atoms with Crippen LogP contribution in [0.5, 0.6) is 5.75 Å². The Morgan fingerprint density at radius 1 is 1.03 bits per heavy atom. The van der Waals surface area contributed by atoms with Gasteiger partial charge in [-0.2, -0.15) is 0 Å². The van der Waals surface area contributed by atoms with Crippen molar-refractivity contribution in [3.05, 3.63) is 105 Å². The van der Waals surface area contributed by atoms with Crippen molar-refractivity contribution in [3.63, 3.8) is 0 Å². The van der Waals surface area contributed by atoms with Gasteiger partial charge in [0.15, 0.2) is 0 Å². The number of carbonyl (C=O) groups excluding carboxylic acids is 1. The highest BCUT2D eigenvalue weighted by atomic mass is 16.6. The lowest BCUT2D eigenvalue weighted by Gasteiger charge is -2.21. The first-order chi connectivity index (χ1) is 14.0. The number of ether oxygens (including phenoxy) is 1. The molecular weight excluding hydrogens is 368 g/mol. The maximum absolute atomic E-state index is 13.0. The molecule has 148 valence electrons. The minimum Gasteiger partial charge on any atom is -0.494 e. The predicted molar refractivity (Wildman–Crippen MR) is 111 cm³/mol. The quantitative estimate of drug-likeness (QED) is 0.463. The van der Waals surface area contributed by atoms with E-state index in [9.17, 15) is 14.9 Å². The Morgan fingerprint density at radius 3 is 2.28 bits per heavy atom. The van der Waals surface area contributed by atoms with Crippen LogP contribution in [0.3, 0.4) is 0 Å². The van der Waals surface area contributed by atoms with E-state index in [0.29, 0.717) is 17.7 Å². The third-order valence-electron chi connectivity index (χ3n) is 4.60. The molecule has 0 saturated heterocycles. The van der Waals surface area contributed by atoms with Crippen molar-refractivity contribution in [1.29, 1.82) is 0 Å². The minimum absolute atomic E-state index is 0.0369. The van der Waals surface area contributed by atoms with Gasteiger partial charge in [0.1, 0.15) is 5.75 Å². The van der Waals surface area contributed by atoms with Crippen molar-refractivity contribution in [2.24, 2.45) is 0 Å². The molecule has 0 saturated carbocycles. The van der Waals surface area contributed by atoms with Crippen LogP contribution in [0, 0.1) is 17.0 Å². The molecule has 0 aromatic heterocycles. The van der Waals surface area contributed by atoms with Gasteiger partial charge >= 0.3 is 0 Å². The highest BCUT2D eigenvalue weighted by molar-refractivity contribution is 5.96. The Kier molecular flexibility index (Phi) is 6.24. The zero-order valence-corrected chi connectivity index (χ0v) is 16.3. The molecule has 0 fully saturated rings. The van der Waals surface area contributed by atoms with Crippen LogP contribution in [0.2, 0.25) is 0 Å². The summed E-state index contributed by atoms with van der Waals surface area (Å²) in [4.78, 5) is 23.4. The summed E-state index contributed by atoms with van der Waals surface area (Å²) in [6, 6.07) is 21.1. The van der Waals surface area contributed by atoms with E-state index in [-0.39, 0.29) is 17.6 Å². The van der Waals surface area contributed by atoms with Crippen molar-refractivity contribution in [3.8, 4) is 5.75 Å². The third kappa shape index (κ3) is 4.79. The van der Waals surface area contributed by atoms with Gasteiger partial charge in [0.05, 0.1) is 17.6 Å². The number of non-ortho nitro benzene ring substituents is 1. The summed E-state index contributed by atoms with van der Waals surface area (Å²) in [5, 5.41) is 14.0. The van der Waals surface area contributed by atoms with Gasteiger partial charge in [-0.1, -0.05) is 42.5 Å². The highest BCUT2D eigenvalue weighted by Gasteiger charge is 2.20. The molecule has 6 heteroatoms. The molecule has 0 heterocycles. The molecule has 3 aromatic carbocycles. The van der Waals surface area contributed by atoms with Gasteiger partial charge in [0, 0.05) is 17.7 Å². The van der Waals surface area contributed by atoms with E-state index in [2.05, 4.69) is 5.32 Å². The first-order valence-corrected chi connectivity index (χ1v) is 9.33. The fraction of sp³-hybridized carbons (Fsp3) is 0.174. The molecule has 0 aliphatic heterocycles. The van der Waals surface area contributed by atoms with Crippen molar-refractivity contribution in [1.82, 2.24) is 5.32 Å². The van der Waals surface area contributed by atoms with Crippen LogP contribution in [0.25, 0.3) is 0 Å². The summed E-state index contributed by atoms with van der Waals surface area (Å²) in [6.45, 7) is 4.20. The van der Waals surface area contributed by atoms with Gasteiger partial charge in [-0.3, -0.25) is 14.9 Å². The van der Waals surface area contributed by atoms with Crippen LogP contribution in [0.1, 0.15) is 40.0 Å². The Morgan fingerprint density at radius 2 is 1.69 bits per heavy atom. The fourth-order valence-corrected chi connectivity index (χ4v) is 3.15. The van der Waals surface area contributed by atoms with Crippen molar-refractivity contribution in [2.75, 3.05) is 6.61 Å². The lowest BCUT2D eigenvalue weighted by molar-refractivity contribution is -0.384. The average Bonchev–Trinajstić information content (AvgIpc) is 2.73. The van der Waals surface area contributed by atoms with Crippen LogP contribution in [0.15, 0.2) is 72.8 Å². The lowest BCUT2D eigenvalue weighted by Crippen LogP contribution is -2.29. The molecule has 0 aliphatic carbocycles. The predicted octanol–water partition coefficient (Wildman–Crippen LogP) is 4.82. The number of carbonyl (C=O) groups is 1. The number of hydrogen-bond acceptors (Lipinski definition) is 4. The third-order valence-corrected chi connectivity index (χ3v) is 4.60. The summed E-state index contributed by atoms with van der Waals surface area (Å²) in [5.74, 6) is 0.473. The standard InChI is InChI=1S/C23H22N2O4/c1-3-29-20-12-9-18(10-13-20)22(17-7-5-4-6-8-17)24-23(26)21-14-11-19(25(27)28)15-16(21)2/h4-15,22H,3H2,1-2H3,(H,24,26). The van der Waals surface area contributed by atoms with Gasteiger partial charge < -0.3 is 10.1 Å². The molecule has 6 nitrogen and oxygen atoms in total. The summed E-state index contributed by atoms with van der Waals surface area (Å²) in [5.41, 5.74) is 2.76. The van der Waals surface area contributed by atoms with E-state index in [4.69, 9.17) is 4.74 Å². The van der Waals surface area contributed by atoms with Crippen LogP contribution in [-0.2, 0) is 0 Å². The fourth-order valence-electron chi connectivity index (χ4n) is 3.15. The van der Waals surface area contributed by atoms with Crippen LogP contribution in [-0.4, -0.2) is 17.4 Å². The number of benzene rings is 3. The van der Waals surface area contributed by atoms with E-state index < -0.39 is 4.92 Å². The molecular formula is C23H22N2O4. The van der Waals surface area contributed by atoms with E-state index in [1.54, 1.807) is 6.92 Å². The first-order valence-electron chi connectivity index (χ1n) is 9.33. The summed E-state index contributed by atoms with van der Waals surface area (Å²) < 4.78 is 5.50. The maximum Gasteiger partial charge on any atom is 0.269 e. The molecule has 3 rings (SSSR count). The molecule has 0 aliphatic rings. The Hall–Kier alpha value is -3.67. The molecule has 1 amide bonds. The molecule has 29 heavy (non-hydrogen) atoms. The molecule has 0 radical (unpaired) electrons. The number of hydrogen-bond donors (Lipinski definition) is 1. The van der Waals surface area contributed by atoms with E-state index in [1.165, 1.54) is 18.2 Å². The Balaban J connectivity index is 1.91. The number of rotatable bonds is 7. The first kappa shape index (κ1) is 20.1. The Labute approximate surface area is 169 Å². The largest absolute Gasteiger partial charge is 0.494 e. The number of aryl methyl sites for hydroxylation is 1. The van der Waals surface area contributed by atoms with Crippen molar-refractivity contribution >= 4 is 11.6 Å². The smallest absolute Gasteiger partial charge is 0.269 e. The molecule has 1 unspecified atom stereocenters. The van der Waals surface area contributed by atoms with Gasteiger partial charge in [-0.05, 0) is 48.7 Å². The second-order valence-electron chi connectivity index (χ2n) is 6.58.